The van der Waals surface area contributed by atoms with E-state index < -0.39 is 11.4 Å². The molecule has 2 heterocycles. The average Bonchev–Trinajstić information content (AvgIpc) is 2.90. The summed E-state index contributed by atoms with van der Waals surface area (Å²) in [6.07, 6.45) is 0.502. The highest BCUT2D eigenvalue weighted by Crippen LogP contribution is 2.52. The number of aliphatic carboxylic acids is 1. The van der Waals surface area contributed by atoms with Gasteiger partial charge in [0.25, 0.3) is 0 Å². The number of β-lactam (4-membered cyclic amide) rings is 1. The molecule has 2 aliphatic heterocycles. The second kappa shape index (κ2) is 5.44. The number of fused-ring (bicyclic) bond motifs is 1. The molecule has 0 spiro atoms. The van der Waals surface area contributed by atoms with Crippen molar-refractivity contribution in [1.82, 2.24) is 4.90 Å². The molecule has 6 heteroatoms. The third-order valence-electron chi connectivity index (χ3n) is 4.43. The zero-order chi connectivity index (χ0) is 15.9. The highest BCUT2D eigenvalue weighted by Gasteiger charge is 2.62. The van der Waals surface area contributed by atoms with Crippen LogP contribution in [0.4, 0.5) is 0 Å². The SMILES string of the molecule is CC1(CO)C(=O)N2C(C(=O)O)=C(SCc3ccccc3)CC21. The predicted octanol–water partition coefficient (Wildman–Crippen LogP) is 1.83. The molecule has 0 saturated carbocycles. The normalized spacial score (nSPS) is 26.9. The number of aliphatic hydroxyl groups excluding tert-OH is 1. The predicted molar refractivity (Wildman–Crippen MR) is 82.8 cm³/mol. The largest absolute Gasteiger partial charge is 0.477 e. The minimum Gasteiger partial charge on any atom is -0.477 e. The van der Waals surface area contributed by atoms with Gasteiger partial charge in [0.1, 0.15) is 5.70 Å². The molecule has 5 nitrogen and oxygen atoms in total. The third-order valence-corrected chi connectivity index (χ3v) is 5.61. The minimum absolute atomic E-state index is 0.0851. The first-order chi connectivity index (χ1) is 10.5. The Balaban J connectivity index is 1.81. The molecule has 2 unspecified atom stereocenters. The van der Waals surface area contributed by atoms with Gasteiger partial charge in [0.15, 0.2) is 0 Å². The van der Waals surface area contributed by atoms with Crippen molar-refractivity contribution in [2.45, 2.75) is 25.1 Å². The van der Waals surface area contributed by atoms with Gasteiger partial charge in [0, 0.05) is 17.1 Å². The number of hydrogen-bond acceptors (Lipinski definition) is 4. The van der Waals surface area contributed by atoms with Crippen molar-refractivity contribution < 1.29 is 19.8 Å². The van der Waals surface area contributed by atoms with Crippen LogP contribution in [0.1, 0.15) is 18.9 Å². The Labute approximate surface area is 132 Å². The number of aliphatic hydroxyl groups is 1. The topological polar surface area (TPSA) is 77.8 Å². The van der Waals surface area contributed by atoms with Gasteiger partial charge in [0.05, 0.1) is 18.1 Å². The van der Waals surface area contributed by atoms with Crippen LogP contribution in [-0.2, 0) is 15.3 Å². The summed E-state index contributed by atoms with van der Waals surface area (Å²) < 4.78 is 0. The maximum atomic E-state index is 12.2. The summed E-state index contributed by atoms with van der Waals surface area (Å²) in [7, 11) is 0. The number of carbonyl (C=O) groups is 2. The van der Waals surface area contributed by atoms with Crippen molar-refractivity contribution in [2.24, 2.45) is 5.41 Å². The molecule has 2 atom stereocenters. The molecule has 1 aromatic carbocycles. The summed E-state index contributed by atoms with van der Waals surface area (Å²) >= 11 is 1.46. The van der Waals surface area contributed by atoms with Crippen molar-refractivity contribution in [3.05, 3.63) is 46.5 Å². The van der Waals surface area contributed by atoms with Crippen molar-refractivity contribution >= 4 is 23.6 Å². The first kappa shape index (κ1) is 15.1. The van der Waals surface area contributed by atoms with Gasteiger partial charge in [-0.1, -0.05) is 30.3 Å². The monoisotopic (exact) mass is 319 g/mol. The smallest absolute Gasteiger partial charge is 0.353 e. The number of rotatable bonds is 5. The van der Waals surface area contributed by atoms with E-state index >= 15 is 0 Å². The van der Waals surface area contributed by atoms with Gasteiger partial charge in [-0.15, -0.1) is 11.8 Å². The Morgan fingerprint density at radius 3 is 2.68 bits per heavy atom. The molecule has 2 N–H and O–H groups in total. The van der Waals surface area contributed by atoms with Crippen LogP contribution in [0.25, 0.3) is 0 Å². The van der Waals surface area contributed by atoms with Gasteiger partial charge in [-0.25, -0.2) is 4.79 Å². The highest BCUT2D eigenvalue weighted by atomic mass is 32.2. The first-order valence-electron chi connectivity index (χ1n) is 7.06. The summed E-state index contributed by atoms with van der Waals surface area (Å²) in [5, 5.41) is 18.9. The Morgan fingerprint density at radius 1 is 1.41 bits per heavy atom. The average molecular weight is 319 g/mol. The zero-order valence-electron chi connectivity index (χ0n) is 12.2. The van der Waals surface area contributed by atoms with Gasteiger partial charge >= 0.3 is 5.97 Å². The second-order valence-corrected chi connectivity index (χ2v) is 6.89. The summed E-state index contributed by atoms with van der Waals surface area (Å²) in [5.41, 5.74) is 0.340. The standard InChI is InChI=1S/C16H17NO4S/c1-16(9-18)12-7-11(13(14(19)20)17(12)15(16)21)22-8-10-5-3-2-4-6-10/h2-6,12,18H,7-9H2,1H3,(H,19,20). The van der Waals surface area contributed by atoms with Crippen molar-refractivity contribution in [1.29, 1.82) is 0 Å². The molecule has 22 heavy (non-hydrogen) atoms. The quantitative estimate of drug-likeness (QED) is 0.810. The summed E-state index contributed by atoms with van der Waals surface area (Å²) in [6.45, 7) is 1.44. The van der Waals surface area contributed by atoms with E-state index in [4.69, 9.17) is 0 Å². The van der Waals surface area contributed by atoms with E-state index in [1.54, 1.807) is 6.92 Å². The molecule has 0 bridgehead atoms. The summed E-state index contributed by atoms with van der Waals surface area (Å²) in [6, 6.07) is 9.55. The molecule has 1 amide bonds. The van der Waals surface area contributed by atoms with Crippen molar-refractivity contribution in [3.8, 4) is 0 Å². The zero-order valence-corrected chi connectivity index (χ0v) is 13.0. The number of amides is 1. The van der Waals surface area contributed by atoms with Crippen LogP contribution in [0, 0.1) is 5.41 Å². The Kier molecular flexibility index (Phi) is 3.74. The highest BCUT2D eigenvalue weighted by molar-refractivity contribution is 8.02. The molecule has 0 radical (unpaired) electrons. The van der Waals surface area contributed by atoms with Crippen LogP contribution < -0.4 is 0 Å². The van der Waals surface area contributed by atoms with Gasteiger partial charge in [-0.2, -0.15) is 0 Å². The third kappa shape index (κ3) is 2.14. The van der Waals surface area contributed by atoms with E-state index in [1.807, 2.05) is 30.3 Å². The Morgan fingerprint density at radius 2 is 2.09 bits per heavy atom. The number of carboxylic acids is 1. The van der Waals surface area contributed by atoms with Crippen LogP contribution in [0.3, 0.4) is 0 Å². The minimum atomic E-state index is -1.08. The van der Waals surface area contributed by atoms with Crippen molar-refractivity contribution in [2.75, 3.05) is 6.61 Å². The molecule has 2 aliphatic rings. The number of carbonyl (C=O) groups excluding carboxylic acids is 1. The van der Waals surface area contributed by atoms with E-state index in [0.29, 0.717) is 17.1 Å². The van der Waals surface area contributed by atoms with E-state index in [2.05, 4.69) is 0 Å². The van der Waals surface area contributed by atoms with Gasteiger partial charge < -0.3 is 15.1 Å². The molecular weight excluding hydrogens is 302 g/mol. The second-order valence-electron chi connectivity index (χ2n) is 5.82. The lowest BCUT2D eigenvalue weighted by Crippen LogP contribution is -2.67. The van der Waals surface area contributed by atoms with Crippen LogP contribution in [0.5, 0.6) is 0 Å². The van der Waals surface area contributed by atoms with E-state index in [0.717, 1.165) is 5.56 Å². The van der Waals surface area contributed by atoms with Crippen LogP contribution in [0.15, 0.2) is 40.9 Å². The summed E-state index contributed by atoms with van der Waals surface area (Å²) in [4.78, 5) is 25.8. The fourth-order valence-corrected chi connectivity index (χ4v) is 4.16. The molecule has 1 saturated heterocycles. The Hall–Kier alpha value is -1.79. The lowest BCUT2D eigenvalue weighted by atomic mass is 9.73. The number of hydrogen-bond donors (Lipinski definition) is 2. The lowest BCUT2D eigenvalue weighted by Gasteiger charge is -2.50. The van der Waals surface area contributed by atoms with Crippen LogP contribution in [-0.4, -0.2) is 39.6 Å². The molecule has 0 aromatic heterocycles. The molecule has 116 valence electrons. The first-order valence-corrected chi connectivity index (χ1v) is 8.05. The fraction of sp³-hybridized carbons (Fsp3) is 0.375. The fourth-order valence-electron chi connectivity index (χ4n) is 3.03. The lowest BCUT2D eigenvalue weighted by molar-refractivity contribution is -0.170. The number of thioether (sulfide) groups is 1. The number of carboxylic acid groups (broad SMARTS) is 1. The van der Waals surface area contributed by atoms with Crippen LogP contribution in [0.2, 0.25) is 0 Å². The van der Waals surface area contributed by atoms with E-state index in [1.165, 1.54) is 16.7 Å². The number of benzene rings is 1. The van der Waals surface area contributed by atoms with Gasteiger partial charge in [-0.05, 0) is 12.5 Å². The molecule has 1 aromatic rings. The maximum absolute atomic E-state index is 12.2. The molecule has 0 aliphatic carbocycles. The van der Waals surface area contributed by atoms with E-state index in [-0.39, 0.29) is 24.3 Å². The maximum Gasteiger partial charge on any atom is 0.353 e. The number of nitrogens with zero attached hydrogens (tertiary/aromatic N) is 1. The Bertz CT molecular complexity index is 657. The van der Waals surface area contributed by atoms with Crippen molar-refractivity contribution in [3.63, 3.8) is 0 Å². The van der Waals surface area contributed by atoms with Gasteiger partial charge in [-0.3, -0.25) is 4.79 Å². The molecule has 3 rings (SSSR count). The van der Waals surface area contributed by atoms with E-state index in [9.17, 15) is 19.8 Å². The van der Waals surface area contributed by atoms with Gasteiger partial charge in [0.2, 0.25) is 5.91 Å². The summed E-state index contributed by atoms with van der Waals surface area (Å²) in [5.74, 6) is -0.712. The van der Waals surface area contributed by atoms with Crippen LogP contribution >= 0.6 is 11.8 Å². The molecular formula is C16H17NO4S. The molecule has 1 fully saturated rings.